The molecule has 0 unspecified atom stereocenters. The zero-order valence-electron chi connectivity index (χ0n) is 25.4. The molecular weight excluding hydrogens is 520 g/mol. The maximum atomic E-state index is 14.3. The molecule has 3 aliphatic rings. The van der Waals surface area contributed by atoms with Crippen molar-refractivity contribution in [1.29, 1.82) is 0 Å². The Hall–Kier alpha value is -3.45. The molecule has 3 aromatic rings. The van der Waals surface area contributed by atoms with E-state index in [9.17, 15) is 4.79 Å². The van der Waals surface area contributed by atoms with E-state index in [-0.39, 0.29) is 11.9 Å². The molecule has 0 bridgehead atoms. The van der Waals surface area contributed by atoms with Crippen molar-refractivity contribution in [3.63, 3.8) is 0 Å². The van der Waals surface area contributed by atoms with Crippen molar-refractivity contribution >= 4 is 22.8 Å². The van der Waals surface area contributed by atoms with Crippen molar-refractivity contribution in [3.8, 4) is 11.3 Å². The first-order valence-electron chi connectivity index (χ1n) is 16.1. The number of pyridine rings is 1. The number of likely N-dealkylation sites (tertiary alicyclic amines) is 1. The zero-order valence-corrected chi connectivity index (χ0v) is 25.4. The summed E-state index contributed by atoms with van der Waals surface area (Å²) >= 11 is 0. The fourth-order valence-electron chi connectivity index (χ4n) is 7.26. The van der Waals surface area contributed by atoms with E-state index >= 15 is 0 Å². The highest BCUT2D eigenvalue weighted by atomic mass is 16.1. The number of hydrogen-bond donors (Lipinski definition) is 1. The lowest BCUT2D eigenvalue weighted by molar-refractivity contribution is 0.0918. The lowest BCUT2D eigenvalue weighted by Crippen LogP contribution is -2.52. The molecule has 7 heteroatoms. The number of aromatic nitrogens is 1. The number of aliphatic imine (C=N–C) groups is 1. The van der Waals surface area contributed by atoms with Crippen molar-refractivity contribution < 1.29 is 4.79 Å². The van der Waals surface area contributed by atoms with E-state index in [2.05, 4.69) is 62.3 Å². The van der Waals surface area contributed by atoms with Gasteiger partial charge in [0.2, 0.25) is 0 Å². The van der Waals surface area contributed by atoms with Crippen LogP contribution in [0.1, 0.15) is 67.8 Å². The van der Waals surface area contributed by atoms with Gasteiger partial charge in [-0.2, -0.15) is 0 Å². The third-order valence-corrected chi connectivity index (χ3v) is 9.61. The summed E-state index contributed by atoms with van der Waals surface area (Å²) in [6, 6.07) is 18.7. The van der Waals surface area contributed by atoms with Crippen LogP contribution in [0.2, 0.25) is 0 Å². The molecule has 42 heavy (non-hydrogen) atoms. The van der Waals surface area contributed by atoms with Gasteiger partial charge in [0.15, 0.2) is 5.96 Å². The van der Waals surface area contributed by atoms with Crippen LogP contribution in [0.3, 0.4) is 0 Å². The van der Waals surface area contributed by atoms with Crippen LogP contribution in [0.4, 0.5) is 0 Å². The van der Waals surface area contributed by atoms with Crippen LogP contribution in [0.25, 0.3) is 22.2 Å². The Labute approximate surface area is 251 Å². The summed E-state index contributed by atoms with van der Waals surface area (Å²) < 4.78 is 0. The number of para-hydroxylation sites is 1. The highest BCUT2D eigenvalue weighted by Gasteiger charge is 2.29. The van der Waals surface area contributed by atoms with Crippen molar-refractivity contribution in [2.45, 2.75) is 64.5 Å². The second kappa shape index (κ2) is 13.2. The maximum absolute atomic E-state index is 14.3. The number of nitrogens with zero attached hydrogens (tertiary/aromatic N) is 5. The second-order valence-electron chi connectivity index (χ2n) is 12.3. The standard InChI is InChI=1S/C35H46N6O/c1-26(27-13-5-3-6-14-27)37-34(42)32-29-17-9-10-18-31(29)38-33(28-15-7-4-8-16-28)30(32)25-39-21-23-41(24-22-39)35(36-2)40-19-11-12-20-40/h4,7-10,15-18,26-27H,3,5-6,11-14,19-25H2,1-2H3,(H,37,42)/t26-/m0/s1. The Morgan fingerprint density at radius 1 is 0.881 bits per heavy atom. The van der Waals surface area contributed by atoms with E-state index in [0.29, 0.717) is 12.5 Å². The molecule has 1 aliphatic carbocycles. The Morgan fingerprint density at radius 2 is 1.55 bits per heavy atom. The summed E-state index contributed by atoms with van der Waals surface area (Å²) in [6.07, 6.45) is 8.74. The van der Waals surface area contributed by atoms with Gasteiger partial charge in [-0.3, -0.25) is 14.7 Å². The molecule has 3 heterocycles. The van der Waals surface area contributed by atoms with Crippen LogP contribution < -0.4 is 5.32 Å². The normalized spacial score (nSPS) is 19.8. The first-order chi connectivity index (χ1) is 20.6. The van der Waals surface area contributed by atoms with Gasteiger partial charge >= 0.3 is 0 Å². The Balaban J connectivity index is 1.32. The number of benzene rings is 2. The summed E-state index contributed by atoms with van der Waals surface area (Å²) in [5, 5.41) is 4.40. The second-order valence-corrected chi connectivity index (χ2v) is 12.3. The lowest BCUT2D eigenvalue weighted by Gasteiger charge is -2.39. The number of amides is 1. The molecule has 1 N–H and O–H groups in total. The fourth-order valence-corrected chi connectivity index (χ4v) is 7.26. The minimum atomic E-state index is 0.0342. The topological polar surface area (TPSA) is 64.1 Å². The lowest BCUT2D eigenvalue weighted by atomic mass is 9.84. The fraction of sp³-hybridized carbons (Fsp3) is 0.514. The quantitative estimate of drug-likeness (QED) is 0.302. The average molecular weight is 567 g/mol. The van der Waals surface area contributed by atoms with Gasteiger partial charge in [-0.1, -0.05) is 67.8 Å². The minimum absolute atomic E-state index is 0.0342. The molecule has 1 amide bonds. The van der Waals surface area contributed by atoms with E-state index in [4.69, 9.17) is 4.98 Å². The Bertz CT molecular complexity index is 1390. The molecule has 2 aliphatic heterocycles. The third kappa shape index (κ3) is 6.17. The third-order valence-electron chi connectivity index (χ3n) is 9.61. The van der Waals surface area contributed by atoms with Gasteiger partial charge in [0.05, 0.1) is 16.8 Å². The van der Waals surface area contributed by atoms with Crippen LogP contribution in [0.5, 0.6) is 0 Å². The molecular formula is C35H46N6O. The van der Waals surface area contributed by atoms with Crippen LogP contribution in [0, 0.1) is 5.92 Å². The van der Waals surface area contributed by atoms with Crippen LogP contribution in [0.15, 0.2) is 59.6 Å². The summed E-state index contributed by atoms with van der Waals surface area (Å²) in [4.78, 5) is 31.5. The predicted molar refractivity (Wildman–Crippen MR) is 172 cm³/mol. The largest absolute Gasteiger partial charge is 0.349 e. The van der Waals surface area contributed by atoms with E-state index in [1.165, 1.54) is 44.9 Å². The molecule has 1 atom stereocenters. The van der Waals surface area contributed by atoms with Crippen LogP contribution in [-0.4, -0.2) is 83.9 Å². The SMILES string of the molecule is CN=C(N1CCCC1)N1CCN(Cc2c(-c3ccccc3)nc3ccccc3c2C(=O)N[C@@H](C)C2CCCCC2)CC1. The van der Waals surface area contributed by atoms with Gasteiger partial charge in [-0.15, -0.1) is 0 Å². The highest BCUT2D eigenvalue weighted by Crippen LogP contribution is 2.33. The van der Waals surface area contributed by atoms with Crippen molar-refractivity contribution in [1.82, 2.24) is 25.0 Å². The van der Waals surface area contributed by atoms with Gasteiger partial charge < -0.3 is 15.1 Å². The minimum Gasteiger partial charge on any atom is -0.349 e. The van der Waals surface area contributed by atoms with Gasteiger partial charge in [0.25, 0.3) is 5.91 Å². The number of carbonyl (C=O) groups excluding carboxylic acids is 1. The number of rotatable bonds is 6. The summed E-state index contributed by atoms with van der Waals surface area (Å²) in [7, 11) is 1.92. The molecule has 3 fully saturated rings. The maximum Gasteiger partial charge on any atom is 0.252 e. The summed E-state index contributed by atoms with van der Waals surface area (Å²) in [5.74, 6) is 1.72. The number of piperazine rings is 1. The summed E-state index contributed by atoms with van der Waals surface area (Å²) in [6.45, 7) is 8.82. The molecule has 0 spiro atoms. The van der Waals surface area contributed by atoms with Gasteiger partial charge in [-0.05, 0) is 44.6 Å². The molecule has 6 rings (SSSR count). The number of guanidine groups is 1. The molecule has 0 radical (unpaired) electrons. The zero-order chi connectivity index (χ0) is 28.9. The number of hydrogen-bond acceptors (Lipinski definition) is 4. The predicted octanol–water partition coefficient (Wildman–Crippen LogP) is 5.80. The highest BCUT2D eigenvalue weighted by molar-refractivity contribution is 6.09. The average Bonchev–Trinajstić information content (AvgIpc) is 3.57. The van der Waals surface area contributed by atoms with E-state index in [0.717, 1.165) is 78.5 Å². The number of carbonyl (C=O) groups is 1. The number of fused-ring (bicyclic) bond motifs is 1. The molecule has 1 saturated carbocycles. The van der Waals surface area contributed by atoms with Gasteiger partial charge in [0.1, 0.15) is 0 Å². The van der Waals surface area contributed by atoms with Gasteiger partial charge in [0, 0.05) is 75.4 Å². The first kappa shape index (κ1) is 28.7. The molecule has 2 aromatic carbocycles. The molecule has 7 nitrogen and oxygen atoms in total. The first-order valence-corrected chi connectivity index (χ1v) is 16.1. The van der Waals surface area contributed by atoms with E-state index in [1.807, 2.05) is 31.3 Å². The van der Waals surface area contributed by atoms with Crippen LogP contribution in [-0.2, 0) is 6.54 Å². The molecule has 222 valence electrons. The Kier molecular flexibility index (Phi) is 9.04. The Morgan fingerprint density at radius 3 is 2.26 bits per heavy atom. The number of nitrogens with one attached hydrogen (secondary N) is 1. The molecule has 1 aromatic heterocycles. The van der Waals surface area contributed by atoms with Crippen molar-refractivity contribution in [2.75, 3.05) is 46.3 Å². The van der Waals surface area contributed by atoms with Gasteiger partial charge in [-0.25, -0.2) is 4.98 Å². The van der Waals surface area contributed by atoms with Crippen molar-refractivity contribution in [3.05, 3.63) is 65.7 Å². The van der Waals surface area contributed by atoms with E-state index < -0.39 is 0 Å². The van der Waals surface area contributed by atoms with Crippen LogP contribution >= 0.6 is 0 Å². The summed E-state index contributed by atoms with van der Waals surface area (Å²) in [5.41, 5.74) is 4.67. The molecule has 2 saturated heterocycles. The van der Waals surface area contributed by atoms with Crippen molar-refractivity contribution in [2.24, 2.45) is 10.9 Å². The smallest absolute Gasteiger partial charge is 0.252 e. The monoisotopic (exact) mass is 566 g/mol. The van der Waals surface area contributed by atoms with E-state index in [1.54, 1.807) is 0 Å².